The summed E-state index contributed by atoms with van der Waals surface area (Å²) in [6.07, 6.45) is 4.04. The lowest BCUT2D eigenvalue weighted by molar-refractivity contribution is 0.0490. The number of hydrogen-bond donors (Lipinski definition) is 0. The van der Waals surface area contributed by atoms with Crippen molar-refractivity contribution in [2.45, 2.75) is 45.2 Å². The van der Waals surface area contributed by atoms with E-state index in [0.717, 1.165) is 12.1 Å². The lowest BCUT2D eigenvalue weighted by Crippen LogP contribution is -2.54. The second kappa shape index (κ2) is 6.17. The zero-order chi connectivity index (χ0) is 12.3. The maximum atomic E-state index is 2.74. The molecule has 0 aliphatic carbocycles. The summed E-state index contributed by atoms with van der Waals surface area (Å²) in [5.74, 6) is 0. The van der Waals surface area contributed by atoms with Crippen LogP contribution < -0.4 is 0 Å². The van der Waals surface area contributed by atoms with Crippen LogP contribution in [0.25, 0.3) is 0 Å². The van der Waals surface area contributed by atoms with Gasteiger partial charge in [0.05, 0.1) is 0 Å². The van der Waals surface area contributed by atoms with Gasteiger partial charge in [-0.2, -0.15) is 0 Å². The molecular formula is C14H29N3. The summed E-state index contributed by atoms with van der Waals surface area (Å²) < 4.78 is 0. The van der Waals surface area contributed by atoms with Crippen molar-refractivity contribution in [2.75, 3.05) is 46.3 Å². The van der Waals surface area contributed by atoms with E-state index in [-0.39, 0.29) is 0 Å². The van der Waals surface area contributed by atoms with E-state index in [1.807, 2.05) is 0 Å². The molecule has 1 unspecified atom stereocenters. The third-order valence-electron chi connectivity index (χ3n) is 4.77. The Morgan fingerprint density at radius 1 is 1.00 bits per heavy atom. The minimum atomic E-state index is 0.773. The highest BCUT2D eigenvalue weighted by Crippen LogP contribution is 2.18. The summed E-state index contributed by atoms with van der Waals surface area (Å²) in [7, 11) is 2.25. The van der Waals surface area contributed by atoms with E-state index in [1.165, 1.54) is 58.5 Å². The number of hydrogen-bond acceptors (Lipinski definition) is 3. The Hall–Kier alpha value is -0.120. The fourth-order valence-electron chi connectivity index (χ4n) is 3.16. The van der Waals surface area contributed by atoms with E-state index in [4.69, 9.17) is 0 Å². The first-order valence-corrected chi connectivity index (χ1v) is 7.37. The van der Waals surface area contributed by atoms with Gasteiger partial charge in [0.2, 0.25) is 0 Å². The fraction of sp³-hybridized carbons (Fsp3) is 1.00. The van der Waals surface area contributed by atoms with Gasteiger partial charge in [-0.15, -0.1) is 0 Å². The van der Waals surface area contributed by atoms with Crippen LogP contribution in [0.4, 0.5) is 0 Å². The van der Waals surface area contributed by atoms with Gasteiger partial charge in [0.15, 0.2) is 0 Å². The zero-order valence-corrected chi connectivity index (χ0v) is 11.9. The third-order valence-corrected chi connectivity index (χ3v) is 4.77. The molecule has 17 heavy (non-hydrogen) atoms. The first kappa shape index (κ1) is 13.3. The zero-order valence-electron chi connectivity index (χ0n) is 11.9. The van der Waals surface area contributed by atoms with E-state index < -0.39 is 0 Å². The van der Waals surface area contributed by atoms with Gasteiger partial charge in [-0.1, -0.05) is 6.92 Å². The second-order valence-electron chi connectivity index (χ2n) is 5.86. The van der Waals surface area contributed by atoms with E-state index in [0.29, 0.717) is 0 Å². The molecule has 0 N–H and O–H groups in total. The lowest BCUT2D eigenvalue weighted by atomic mass is 10.0. The molecule has 100 valence electrons. The summed E-state index contributed by atoms with van der Waals surface area (Å²) in [5, 5.41) is 0. The van der Waals surface area contributed by atoms with E-state index in [1.54, 1.807) is 0 Å². The van der Waals surface area contributed by atoms with Gasteiger partial charge in [0, 0.05) is 38.3 Å². The molecule has 1 atom stereocenters. The third kappa shape index (κ3) is 3.43. The highest BCUT2D eigenvalue weighted by molar-refractivity contribution is 4.83. The smallest absolute Gasteiger partial charge is 0.0121 e. The molecule has 2 aliphatic rings. The lowest BCUT2D eigenvalue weighted by Gasteiger charge is -2.43. The number of nitrogens with zero attached hydrogens (tertiary/aromatic N) is 3. The molecule has 2 fully saturated rings. The van der Waals surface area contributed by atoms with Crippen LogP contribution in [0.2, 0.25) is 0 Å². The Morgan fingerprint density at radius 2 is 1.59 bits per heavy atom. The minimum Gasteiger partial charge on any atom is -0.306 e. The van der Waals surface area contributed by atoms with Crippen molar-refractivity contribution in [3.05, 3.63) is 0 Å². The Morgan fingerprint density at radius 3 is 2.12 bits per heavy atom. The quantitative estimate of drug-likeness (QED) is 0.739. The van der Waals surface area contributed by atoms with Crippen LogP contribution in [0, 0.1) is 0 Å². The van der Waals surface area contributed by atoms with Crippen LogP contribution in [0.1, 0.15) is 33.1 Å². The summed E-state index contributed by atoms with van der Waals surface area (Å²) in [6, 6.07) is 1.64. The van der Waals surface area contributed by atoms with Gasteiger partial charge in [-0.25, -0.2) is 0 Å². The number of piperazine rings is 1. The van der Waals surface area contributed by atoms with Gasteiger partial charge >= 0.3 is 0 Å². The molecule has 2 rings (SSSR count). The summed E-state index contributed by atoms with van der Waals surface area (Å²) >= 11 is 0. The molecule has 0 aromatic rings. The predicted molar refractivity (Wildman–Crippen MR) is 73.4 cm³/mol. The average molecular weight is 239 g/mol. The van der Waals surface area contributed by atoms with Gasteiger partial charge in [-0.3, -0.25) is 9.80 Å². The average Bonchev–Trinajstić information content (AvgIpc) is 2.39. The molecular weight excluding hydrogens is 210 g/mol. The molecule has 0 aromatic carbocycles. The highest BCUT2D eigenvalue weighted by Gasteiger charge is 2.27. The van der Waals surface area contributed by atoms with Crippen molar-refractivity contribution in [1.29, 1.82) is 0 Å². The topological polar surface area (TPSA) is 9.72 Å². The SMILES string of the molecule is CCC(C)N1CCN(C2CCN(C)CC2)CC1. The number of rotatable bonds is 3. The van der Waals surface area contributed by atoms with Gasteiger partial charge in [-0.05, 0) is 46.3 Å². The standard InChI is InChI=1S/C14H29N3/c1-4-13(2)16-9-11-17(12-10-16)14-5-7-15(3)8-6-14/h13-14H,4-12H2,1-3H3. The van der Waals surface area contributed by atoms with Gasteiger partial charge in [0.25, 0.3) is 0 Å². The molecule has 0 radical (unpaired) electrons. The highest BCUT2D eigenvalue weighted by atomic mass is 15.3. The van der Waals surface area contributed by atoms with Crippen LogP contribution in [0.15, 0.2) is 0 Å². The first-order valence-electron chi connectivity index (χ1n) is 7.37. The predicted octanol–water partition coefficient (Wildman–Crippen LogP) is 1.50. The van der Waals surface area contributed by atoms with Crippen molar-refractivity contribution < 1.29 is 0 Å². The van der Waals surface area contributed by atoms with Crippen LogP contribution >= 0.6 is 0 Å². The molecule has 2 aliphatic heterocycles. The van der Waals surface area contributed by atoms with Crippen molar-refractivity contribution in [3.63, 3.8) is 0 Å². The largest absolute Gasteiger partial charge is 0.306 e. The number of likely N-dealkylation sites (tertiary alicyclic amines) is 1. The van der Waals surface area contributed by atoms with E-state index in [9.17, 15) is 0 Å². The molecule has 0 amide bonds. The first-order chi connectivity index (χ1) is 8.20. The van der Waals surface area contributed by atoms with Gasteiger partial charge in [0.1, 0.15) is 0 Å². The van der Waals surface area contributed by atoms with Crippen molar-refractivity contribution >= 4 is 0 Å². The molecule has 0 aromatic heterocycles. The molecule has 0 bridgehead atoms. The minimum absolute atomic E-state index is 0.773. The molecule has 0 spiro atoms. The Balaban J connectivity index is 1.75. The van der Waals surface area contributed by atoms with Crippen LogP contribution in [-0.2, 0) is 0 Å². The van der Waals surface area contributed by atoms with Crippen molar-refractivity contribution in [3.8, 4) is 0 Å². The Bertz CT molecular complexity index is 216. The monoisotopic (exact) mass is 239 g/mol. The number of piperidine rings is 1. The molecule has 2 heterocycles. The molecule has 2 saturated heterocycles. The summed E-state index contributed by atoms with van der Waals surface area (Å²) in [6.45, 7) is 12.4. The van der Waals surface area contributed by atoms with Crippen molar-refractivity contribution in [2.24, 2.45) is 0 Å². The Labute approximate surface area is 107 Å². The van der Waals surface area contributed by atoms with Crippen LogP contribution in [0.3, 0.4) is 0 Å². The van der Waals surface area contributed by atoms with Gasteiger partial charge < -0.3 is 4.90 Å². The van der Waals surface area contributed by atoms with E-state index >= 15 is 0 Å². The fourth-order valence-corrected chi connectivity index (χ4v) is 3.16. The maximum Gasteiger partial charge on any atom is 0.0121 e. The molecule has 0 saturated carbocycles. The van der Waals surface area contributed by atoms with Crippen molar-refractivity contribution in [1.82, 2.24) is 14.7 Å². The Kier molecular flexibility index (Phi) is 4.83. The van der Waals surface area contributed by atoms with Crippen LogP contribution in [0.5, 0.6) is 0 Å². The molecule has 3 heteroatoms. The maximum absolute atomic E-state index is 2.74. The van der Waals surface area contributed by atoms with Crippen LogP contribution in [-0.4, -0.2) is 73.1 Å². The molecule has 3 nitrogen and oxygen atoms in total. The second-order valence-corrected chi connectivity index (χ2v) is 5.86. The normalized spacial score (nSPS) is 28.4. The summed E-state index contributed by atoms with van der Waals surface area (Å²) in [5.41, 5.74) is 0. The van der Waals surface area contributed by atoms with E-state index in [2.05, 4.69) is 35.6 Å². The summed E-state index contributed by atoms with van der Waals surface area (Å²) in [4.78, 5) is 7.86.